The third-order valence-corrected chi connectivity index (χ3v) is 2.05. The van der Waals surface area contributed by atoms with Crippen LogP contribution in [0.15, 0.2) is 12.3 Å². The smallest absolute Gasteiger partial charge is 0.405 e. The molecule has 0 saturated carbocycles. The summed E-state index contributed by atoms with van der Waals surface area (Å²) in [5, 5.41) is 2.06. The normalized spacial score (nSPS) is 11.2. The van der Waals surface area contributed by atoms with Crippen LogP contribution in [0.25, 0.3) is 0 Å². The number of nitrogens with one attached hydrogen (secondary N) is 1. The number of aromatic nitrogens is 1. The molecule has 0 fully saturated rings. The standard InChI is InChI=1S/C10H10ClF3N2O2/c1-2-18-9(17)6-4-15-8(11)3-7(6)16-5-10(12,13)14/h3-4H,2,5H2,1H3,(H,15,16). The van der Waals surface area contributed by atoms with Crippen molar-refractivity contribution in [3.8, 4) is 0 Å². The molecule has 1 N–H and O–H groups in total. The number of halogens is 4. The van der Waals surface area contributed by atoms with E-state index in [2.05, 4.69) is 10.3 Å². The summed E-state index contributed by atoms with van der Waals surface area (Å²) in [6, 6.07) is 1.14. The lowest BCUT2D eigenvalue weighted by molar-refractivity contribution is -0.115. The number of anilines is 1. The van der Waals surface area contributed by atoms with Gasteiger partial charge in [-0.3, -0.25) is 0 Å². The maximum atomic E-state index is 12.1. The second-order valence-corrected chi connectivity index (χ2v) is 3.63. The number of esters is 1. The van der Waals surface area contributed by atoms with Crippen LogP contribution in [0, 0.1) is 0 Å². The van der Waals surface area contributed by atoms with E-state index < -0.39 is 18.7 Å². The Hall–Kier alpha value is -1.50. The van der Waals surface area contributed by atoms with E-state index in [-0.39, 0.29) is 23.0 Å². The molecule has 0 aliphatic rings. The Bertz CT molecular complexity index is 438. The highest BCUT2D eigenvalue weighted by molar-refractivity contribution is 6.29. The molecule has 0 aliphatic heterocycles. The van der Waals surface area contributed by atoms with Gasteiger partial charge in [-0.1, -0.05) is 11.6 Å². The molecule has 0 atom stereocenters. The molecule has 0 saturated heterocycles. The van der Waals surface area contributed by atoms with Gasteiger partial charge in [-0.05, 0) is 13.0 Å². The highest BCUT2D eigenvalue weighted by Crippen LogP contribution is 2.22. The molecule has 0 unspecified atom stereocenters. The molecule has 0 aliphatic carbocycles. The van der Waals surface area contributed by atoms with Crippen LogP contribution in [0.1, 0.15) is 17.3 Å². The number of pyridine rings is 1. The summed E-state index contributed by atoms with van der Waals surface area (Å²) in [6.45, 7) is 0.421. The lowest BCUT2D eigenvalue weighted by atomic mass is 10.2. The number of nitrogens with zero attached hydrogens (tertiary/aromatic N) is 1. The summed E-state index contributed by atoms with van der Waals surface area (Å²) in [7, 11) is 0. The zero-order valence-corrected chi connectivity index (χ0v) is 10.1. The zero-order chi connectivity index (χ0) is 13.8. The topological polar surface area (TPSA) is 51.2 Å². The molecule has 0 amide bonds. The van der Waals surface area contributed by atoms with Gasteiger partial charge in [0.15, 0.2) is 0 Å². The SMILES string of the molecule is CCOC(=O)c1cnc(Cl)cc1NCC(F)(F)F. The van der Waals surface area contributed by atoms with E-state index in [9.17, 15) is 18.0 Å². The maximum absolute atomic E-state index is 12.1. The van der Waals surface area contributed by atoms with Crippen LogP contribution in [0.3, 0.4) is 0 Å². The van der Waals surface area contributed by atoms with Crippen LogP contribution in [-0.2, 0) is 4.74 Å². The minimum absolute atomic E-state index is 0.0206. The number of hydrogen-bond donors (Lipinski definition) is 1. The van der Waals surface area contributed by atoms with E-state index >= 15 is 0 Å². The molecule has 1 heterocycles. The van der Waals surface area contributed by atoms with Crippen molar-refractivity contribution in [2.75, 3.05) is 18.5 Å². The van der Waals surface area contributed by atoms with Gasteiger partial charge in [0.2, 0.25) is 0 Å². The predicted octanol–water partition coefficient (Wildman–Crippen LogP) is 2.89. The first-order valence-electron chi connectivity index (χ1n) is 4.96. The van der Waals surface area contributed by atoms with Crippen molar-refractivity contribution in [3.05, 3.63) is 23.0 Å². The lowest BCUT2D eigenvalue weighted by Crippen LogP contribution is -2.22. The Morgan fingerprint density at radius 1 is 1.56 bits per heavy atom. The Balaban J connectivity index is 2.93. The van der Waals surface area contributed by atoms with Crippen LogP contribution in [0.4, 0.5) is 18.9 Å². The van der Waals surface area contributed by atoms with Crippen LogP contribution in [0.5, 0.6) is 0 Å². The zero-order valence-electron chi connectivity index (χ0n) is 9.34. The van der Waals surface area contributed by atoms with Gasteiger partial charge in [-0.15, -0.1) is 0 Å². The maximum Gasteiger partial charge on any atom is 0.405 e. The average molecular weight is 283 g/mol. The number of hydrogen-bond acceptors (Lipinski definition) is 4. The van der Waals surface area contributed by atoms with Gasteiger partial charge in [0, 0.05) is 6.20 Å². The molecule has 0 aromatic carbocycles. The third kappa shape index (κ3) is 4.40. The number of carbonyl (C=O) groups excluding carboxylic acids is 1. The molecule has 18 heavy (non-hydrogen) atoms. The van der Waals surface area contributed by atoms with Crippen molar-refractivity contribution in [2.24, 2.45) is 0 Å². The van der Waals surface area contributed by atoms with E-state index in [1.807, 2.05) is 0 Å². The van der Waals surface area contributed by atoms with E-state index in [1.54, 1.807) is 6.92 Å². The molecular weight excluding hydrogens is 273 g/mol. The lowest BCUT2D eigenvalue weighted by Gasteiger charge is -2.12. The van der Waals surface area contributed by atoms with Gasteiger partial charge < -0.3 is 10.1 Å². The molecular formula is C10H10ClF3N2O2. The van der Waals surface area contributed by atoms with Gasteiger partial charge >= 0.3 is 12.1 Å². The molecule has 8 heteroatoms. The number of alkyl halides is 3. The largest absolute Gasteiger partial charge is 0.462 e. The first kappa shape index (κ1) is 14.6. The molecule has 4 nitrogen and oxygen atoms in total. The predicted molar refractivity (Wildman–Crippen MR) is 59.7 cm³/mol. The molecule has 1 aromatic rings. The van der Waals surface area contributed by atoms with Gasteiger partial charge in [0.05, 0.1) is 12.3 Å². The summed E-state index contributed by atoms with van der Waals surface area (Å²) in [4.78, 5) is 15.1. The minimum Gasteiger partial charge on any atom is -0.462 e. The fourth-order valence-electron chi connectivity index (χ4n) is 1.14. The van der Waals surface area contributed by atoms with Crippen molar-refractivity contribution in [1.82, 2.24) is 4.98 Å². The number of ether oxygens (including phenoxy) is 1. The van der Waals surface area contributed by atoms with Crippen LogP contribution < -0.4 is 5.32 Å². The first-order valence-corrected chi connectivity index (χ1v) is 5.34. The molecule has 1 rings (SSSR count). The van der Waals surface area contributed by atoms with Crippen molar-refractivity contribution in [3.63, 3.8) is 0 Å². The van der Waals surface area contributed by atoms with Crippen LogP contribution in [-0.4, -0.2) is 30.3 Å². The third-order valence-electron chi connectivity index (χ3n) is 1.85. The second kappa shape index (κ2) is 5.90. The first-order chi connectivity index (χ1) is 8.33. The Kier molecular flexibility index (Phi) is 4.77. The number of carbonyl (C=O) groups is 1. The fourth-order valence-corrected chi connectivity index (χ4v) is 1.30. The Labute approximate surface area is 106 Å². The van der Waals surface area contributed by atoms with Crippen molar-refractivity contribution >= 4 is 23.3 Å². The number of rotatable bonds is 4. The molecule has 1 aromatic heterocycles. The Morgan fingerprint density at radius 2 is 2.22 bits per heavy atom. The summed E-state index contributed by atoms with van der Waals surface area (Å²) >= 11 is 5.56. The second-order valence-electron chi connectivity index (χ2n) is 3.24. The molecule has 0 bridgehead atoms. The summed E-state index contributed by atoms with van der Waals surface area (Å²) in [5.74, 6) is -0.758. The van der Waals surface area contributed by atoms with E-state index in [0.717, 1.165) is 12.3 Å². The quantitative estimate of drug-likeness (QED) is 0.681. The van der Waals surface area contributed by atoms with Crippen molar-refractivity contribution in [1.29, 1.82) is 0 Å². The van der Waals surface area contributed by atoms with E-state index in [1.165, 1.54) is 0 Å². The highest BCUT2D eigenvalue weighted by atomic mass is 35.5. The van der Waals surface area contributed by atoms with Crippen molar-refractivity contribution in [2.45, 2.75) is 13.1 Å². The van der Waals surface area contributed by atoms with Gasteiger partial charge in [-0.2, -0.15) is 13.2 Å². The van der Waals surface area contributed by atoms with Gasteiger partial charge in [0.25, 0.3) is 0 Å². The van der Waals surface area contributed by atoms with E-state index in [0.29, 0.717) is 0 Å². The molecule has 0 spiro atoms. The van der Waals surface area contributed by atoms with Crippen LogP contribution in [0.2, 0.25) is 5.15 Å². The van der Waals surface area contributed by atoms with Crippen LogP contribution >= 0.6 is 11.6 Å². The highest BCUT2D eigenvalue weighted by Gasteiger charge is 2.27. The monoisotopic (exact) mass is 282 g/mol. The molecule has 100 valence electrons. The van der Waals surface area contributed by atoms with Gasteiger partial charge in [-0.25, -0.2) is 9.78 Å². The Morgan fingerprint density at radius 3 is 2.78 bits per heavy atom. The average Bonchev–Trinajstić information content (AvgIpc) is 2.25. The van der Waals surface area contributed by atoms with Crippen molar-refractivity contribution < 1.29 is 22.7 Å². The fraction of sp³-hybridized carbons (Fsp3) is 0.400. The van der Waals surface area contributed by atoms with E-state index in [4.69, 9.17) is 16.3 Å². The summed E-state index contributed by atoms with van der Waals surface area (Å²) in [6.07, 6.45) is -3.33. The summed E-state index contributed by atoms with van der Waals surface area (Å²) < 4.78 is 41.0. The molecule has 0 radical (unpaired) electrons. The van der Waals surface area contributed by atoms with Gasteiger partial charge in [0.1, 0.15) is 17.3 Å². The minimum atomic E-state index is -4.40. The summed E-state index contributed by atoms with van der Waals surface area (Å²) in [5.41, 5.74) is -0.156.